The maximum absolute atomic E-state index is 12.3. The average molecular weight is 629 g/mol. The topological polar surface area (TPSA) is 277 Å². The summed E-state index contributed by atoms with van der Waals surface area (Å²) in [6.07, 6.45) is -3.02. The molecule has 2 aromatic rings. The highest BCUT2D eigenvalue weighted by Crippen LogP contribution is 2.17. The fraction of sp³-hybridized carbons (Fsp3) is 0.538. The third kappa shape index (κ3) is 12.4. The number of hydrogen-bond acceptors (Lipinski definition) is 14. The number of nitrogens with zero attached hydrogens (tertiary/aromatic N) is 3. The molecule has 240 valence electrons. The molecule has 13 N–H and O–H groups in total. The number of carbonyl (C=O) groups is 1. The van der Waals surface area contributed by atoms with Crippen molar-refractivity contribution in [3.63, 3.8) is 0 Å². The van der Waals surface area contributed by atoms with Crippen LogP contribution in [0.1, 0.15) is 28.9 Å². The molecular formula is C26H41ClN8O8. The van der Waals surface area contributed by atoms with Crippen LogP contribution in [0.4, 0.5) is 11.6 Å². The van der Waals surface area contributed by atoms with Gasteiger partial charge in [0, 0.05) is 26.2 Å². The maximum Gasteiger partial charge on any atom is 0.280 e. The number of amides is 1. The summed E-state index contributed by atoms with van der Waals surface area (Å²) >= 11 is 5.78. The zero-order valence-electron chi connectivity index (χ0n) is 23.6. The van der Waals surface area contributed by atoms with Gasteiger partial charge in [0.25, 0.3) is 5.91 Å². The molecule has 0 spiro atoms. The van der Waals surface area contributed by atoms with Crippen LogP contribution in [0.3, 0.4) is 0 Å². The Morgan fingerprint density at radius 2 is 1.56 bits per heavy atom. The van der Waals surface area contributed by atoms with Crippen LogP contribution in [0.5, 0.6) is 5.75 Å². The van der Waals surface area contributed by atoms with Gasteiger partial charge in [-0.1, -0.05) is 23.7 Å². The highest BCUT2D eigenvalue weighted by Gasteiger charge is 2.24. The largest absolute Gasteiger partial charge is 0.492 e. The van der Waals surface area contributed by atoms with Gasteiger partial charge in [0.05, 0.1) is 25.4 Å². The second-order valence-corrected chi connectivity index (χ2v) is 10.1. The quantitative estimate of drug-likeness (QED) is 0.0470. The number of hydrogen-bond donors (Lipinski definition) is 11. The number of aromatic nitrogens is 2. The molecule has 0 saturated carbocycles. The fourth-order valence-electron chi connectivity index (χ4n) is 3.81. The first kappa shape index (κ1) is 35.8. The van der Waals surface area contributed by atoms with Gasteiger partial charge in [-0.25, -0.2) is 9.97 Å². The Morgan fingerprint density at radius 3 is 2.14 bits per heavy atom. The van der Waals surface area contributed by atoms with E-state index in [0.717, 1.165) is 24.8 Å². The molecule has 0 saturated heterocycles. The molecule has 1 aromatic carbocycles. The van der Waals surface area contributed by atoms with E-state index in [1.165, 1.54) is 0 Å². The summed E-state index contributed by atoms with van der Waals surface area (Å²) in [5, 5.41) is 70.3. The first-order chi connectivity index (χ1) is 20.4. The number of anilines is 2. The van der Waals surface area contributed by atoms with E-state index in [0.29, 0.717) is 12.3 Å². The number of nitrogens with one attached hydrogen (secondary N) is 3. The number of aliphatic hydroxyl groups excluding tert-OH is 6. The van der Waals surface area contributed by atoms with Crippen molar-refractivity contribution in [2.45, 2.75) is 43.7 Å². The van der Waals surface area contributed by atoms with Crippen molar-refractivity contribution in [1.29, 1.82) is 5.41 Å². The normalized spacial score (nSPS) is 14.1. The Kier molecular flexibility index (Phi) is 15.3. The average Bonchev–Trinajstić information content (AvgIpc) is 2.98. The van der Waals surface area contributed by atoms with E-state index in [2.05, 4.69) is 20.6 Å². The van der Waals surface area contributed by atoms with Gasteiger partial charge in [0.1, 0.15) is 24.6 Å². The molecule has 0 unspecified atom stereocenters. The lowest BCUT2D eigenvalue weighted by molar-refractivity contribution is -0.0551. The van der Waals surface area contributed by atoms with Gasteiger partial charge in [-0.05, 0) is 37.0 Å². The number of nitrogen functional groups attached to an aromatic ring is 2. The molecular weight excluding hydrogens is 588 g/mol. The molecule has 0 radical (unpaired) electrons. The molecule has 2 rings (SSSR count). The number of nitrogens with two attached hydrogens (primary N) is 2. The van der Waals surface area contributed by atoms with Crippen molar-refractivity contribution in [1.82, 2.24) is 25.5 Å². The molecule has 16 nitrogen and oxygen atoms in total. The van der Waals surface area contributed by atoms with Crippen LogP contribution in [0.2, 0.25) is 5.15 Å². The number of aryl methyl sites for hydroxylation is 1. The van der Waals surface area contributed by atoms with E-state index >= 15 is 0 Å². The smallest absolute Gasteiger partial charge is 0.280 e. The fourth-order valence-corrected chi connectivity index (χ4v) is 3.94. The lowest BCUT2D eigenvalue weighted by atomic mass is 10.1. The minimum absolute atomic E-state index is 0.0965. The minimum Gasteiger partial charge on any atom is -0.492 e. The lowest BCUT2D eigenvalue weighted by Crippen LogP contribution is -2.47. The molecule has 1 aromatic heterocycles. The van der Waals surface area contributed by atoms with Crippen molar-refractivity contribution in [3.8, 4) is 5.75 Å². The third-order valence-electron chi connectivity index (χ3n) is 6.30. The summed E-state index contributed by atoms with van der Waals surface area (Å²) < 4.78 is 5.75. The predicted molar refractivity (Wildman–Crippen MR) is 159 cm³/mol. The van der Waals surface area contributed by atoms with E-state index in [9.17, 15) is 25.2 Å². The van der Waals surface area contributed by atoms with Gasteiger partial charge in [-0.15, -0.1) is 0 Å². The molecule has 0 fully saturated rings. The first-order valence-corrected chi connectivity index (χ1v) is 13.9. The highest BCUT2D eigenvalue weighted by molar-refractivity contribution is 6.31. The van der Waals surface area contributed by atoms with Gasteiger partial charge < -0.3 is 52.2 Å². The van der Waals surface area contributed by atoms with Crippen LogP contribution in [0.25, 0.3) is 0 Å². The Balaban J connectivity index is 1.72. The van der Waals surface area contributed by atoms with E-state index in [4.69, 9.17) is 43.4 Å². The number of carbonyl (C=O) groups excluding carboxylic acids is 1. The summed E-state index contributed by atoms with van der Waals surface area (Å²) in [6, 6.07) is 7.43. The summed E-state index contributed by atoms with van der Waals surface area (Å²) in [5.74, 6) is -0.672. The van der Waals surface area contributed by atoms with Crippen molar-refractivity contribution in [2.24, 2.45) is 0 Å². The standard InChI is InChI=1S/C26H41ClN8O8/c27-22-24(29)33-23(28)21(32-22)25(42)34-26(30)31-8-2-1-3-15-4-6-16(7-5-15)43-10-9-35(11-17(38)19(40)13-36)12-18(39)20(41)14-37/h4-7,17-20,36-41H,1-3,8-14H2,(H4,28,29,33)(H3,30,31,34,42)/t17-,18-,19+,20+/m0/s1. The van der Waals surface area contributed by atoms with Crippen LogP contribution < -0.4 is 26.8 Å². The van der Waals surface area contributed by atoms with Crippen molar-refractivity contribution in [3.05, 3.63) is 40.7 Å². The molecule has 1 heterocycles. The predicted octanol–water partition coefficient (Wildman–Crippen LogP) is -2.32. The number of aliphatic hydroxyl groups is 6. The second-order valence-electron chi connectivity index (χ2n) is 9.73. The number of rotatable bonds is 18. The zero-order valence-corrected chi connectivity index (χ0v) is 24.3. The SMILES string of the molecule is N=C(NCCCCc1ccc(OCCN(C[C@H](O)[C@H](O)CO)C[C@H](O)[C@H](O)CO)cc1)NC(=O)c1nc(Cl)c(N)nc1N. The Bertz CT molecular complexity index is 1140. The molecule has 0 aliphatic heterocycles. The molecule has 0 aliphatic carbocycles. The van der Waals surface area contributed by atoms with Crippen LogP contribution in [-0.4, -0.2) is 128 Å². The summed E-state index contributed by atoms with van der Waals surface area (Å²) in [6.45, 7) is -0.627. The van der Waals surface area contributed by atoms with Gasteiger partial charge in [0.15, 0.2) is 28.4 Å². The number of guanidine groups is 1. The number of ether oxygens (including phenoxy) is 1. The summed E-state index contributed by atoms with van der Waals surface area (Å²) in [5.41, 5.74) is 12.0. The molecule has 0 bridgehead atoms. The van der Waals surface area contributed by atoms with E-state index < -0.39 is 43.5 Å². The second kappa shape index (κ2) is 18.3. The number of benzene rings is 1. The maximum atomic E-state index is 12.3. The molecule has 0 aliphatic rings. The number of unbranched alkanes of at least 4 members (excludes halogenated alkanes) is 1. The van der Waals surface area contributed by atoms with E-state index in [-0.39, 0.29) is 54.7 Å². The first-order valence-electron chi connectivity index (χ1n) is 13.5. The van der Waals surface area contributed by atoms with E-state index in [1.54, 1.807) is 17.0 Å². The van der Waals surface area contributed by atoms with Gasteiger partial charge in [0.2, 0.25) is 0 Å². The Hall–Kier alpha value is -3.35. The van der Waals surface area contributed by atoms with Crippen molar-refractivity contribution < 1.29 is 40.2 Å². The van der Waals surface area contributed by atoms with Crippen molar-refractivity contribution >= 4 is 35.1 Å². The number of halogens is 1. The summed E-state index contributed by atoms with van der Waals surface area (Å²) in [4.78, 5) is 21.3. The van der Waals surface area contributed by atoms with Crippen LogP contribution in [0.15, 0.2) is 24.3 Å². The lowest BCUT2D eigenvalue weighted by Gasteiger charge is -2.29. The third-order valence-corrected chi connectivity index (χ3v) is 6.58. The van der Waals surface area contributed by atoms with Gasteiger partial charge in [-0.3, -0.25) is 20.4 Å². The van der Waals surface area contributed by atoms with Crippen LogP contribution >= 0.6 is 11.6 Å². The molecule has 1 amide bonds. The van der Waals surface area contributed by atoms with Gasteiger partial charge in [-0.2, -0.15) is 0 Å². The molecule has 4 atom stereocenters. The van der Waals surface area contributed by atoms with E-state index in [1.807, 2.05) is 12.1 Å². The Labute approximate surface area is 253 Å². The van der Waals surface area contributed by atoms with Crippen LogP contribution in [-0.2, 0) is 6.42 Å². The monoisotopic (exact) mass is 628 g/mol. The molecule has 17 heteroatoms. The molecule has 43 heavy (non-hydrogen) atoms. The zero-order chi connectivity index (χ0) is 31.9. The Morgan fingerprint density at radius 1 is 0.953 bits per heavy atom. The van der Waals surface area contributed by atoms with Crippen molar-refractivity contribution in [2.75, 3.05) is 57.5 Å². The summed E-state index contributed by atoms with van der Waals surface area (Å²) in [7, 11) is 0. The minimum atomic E-state index is -1.37. The van der Waals surface area contributed by atoms with Crippen LogP contribution in [0, 0.1) is 5.41 Å². The van der Waals surface area contributed by atoms with Gasteiger partial charge >= 0.3 is 0 Å². The highest BCUT2D eigenvalue weighted by atomic mass is 35.5.